The van der Waals surface area contributed by atoms with Gasteiger partial charge in [-0.3, -0.25) is 14.6 Å². The molecular formula is C20H19N11O3. The van der Waals surface area contributed by atoms with Gasteiger partial charge in [0.1, 0.15) is 0 Å². The monoisotopic (exact) mass is 461 g/mol. The number of nitrogens with one attached hydrogen (secondary N) is 2. The third kappa shape index (κ3) is 4.55. The molecule has 34 heavy (non-hydrogen) atoms. The molecule has 0 unspecified atom stereocenters. The van der Waals surface area contributed by atoms with Crippen molar-refractivity contribution in [1.29, 1.82) is 0 Å². The van der Waals surface area contributed by atoms with Gasteiger partial charge in [-0.2, -0.15) is 9.78 Å². The Morgan fingerprint density at radius 1 is 1.15 bits per heavy atom. The first-order valence-corrected chi connectivity index (χ1v) is 9.87. The van der Waals surface area contributed by atoms with Crippen LogP contribution in [0.5, 0.6) is 0 Å². The molecule has 0 aliphatic carbocycles. The Morgan fingerprint density at radius 2 is 1.94 bits per heavy atom. The molecule has 1 aromatic carbocycles. The van der Waals surface area contributed by atoms with E-state index in [1.54, 1.807) is 55.6 Å². The first-order valence-electron chi connectivity index (χ1n) is 9.87. The Labute approximate surface area is 192 Å². The van der Waals surface area contributed by atoms with Gasteiger partial charge in [0.05, 0.1) is 29.2 Å². The quantitative estimate of drug-likeness (QED) is 0.211. The third-order valence-corrected chi connectivity index (χ3v) is 4.67. The molecule has 0 atom stereocenters. The summed E-state index contributed by atoms with van der Waals surface area (Å²) in [6.45, 7) is 1.69. The highest BCUT2D eigenvalue weighted by atomic mass is 16.6. The highest BCUT2D eigenvalue weighted by Gasteiger charge is 2.24. The summed E-state index contributed by atoms with van der Waals surface area (Å²) >= 11 is 0. The lowest BCUT2D eigenvalue weighted by molar-refractivity contribution is 0.0947. The number of aromatic nitrogens is 6. The summed E-state index contributed by atoms with van der Waals surface area (Å²) in [5.41, 5.74) is 15.7. The number of para-hydroxylation sites is 1. The average molecular weight is 461 g/mol. The smallest absolute Gasteiger partial charge is 0.293 e. The van der Waals surface area contributed by atoms with E-state index in [4.69, 9.17) is 11.5 Å². The Balaban J connectivity index is 1.64. The standard InChI is InChI=1S/C20H19N11O3/c1-11(13-7-4-5-9-23-13)25-27-20(33)16-15(31(30-26-16)19-17(21)28-34-29-19)10-24-14-8-3-2-6-12(14)18(22)32/h2-9,24H,10H2,1H3,(H2,21,28)(H2,22,32)(H,27,33). The van der Waals surface area contributed by atoms with Crippen molar-refractivity contribution in [2.45, 2.75) is 13.5 Å². The second-order valence-electron chi connectivity index (χ2n) is 6.89. The molecular weight excluding hydrogens is 442 g/mol. The largest absolute Gasteiger partial charge is 0.379 e. The van der Waals surface area contributed by atoms with E-state index in [1.165, 1.54) is 4.68 Å². The minimum absolute atomic E-state index is 0.00468. The maximum absolute atomic E-state index is 12.9. The van der Waals surface area contributed by atoms with E-state index in [0.717, 1.165) is 0 Å². The fourth-order valence-electron chi connectivity index (χ4n) is 3.00. The topological polar surface area (TPSA) is 205 Å². The van der Waals surface area contributed by atoms with Crippen LogP contribution in [0, 0.1) is 0 Å². The number of nitrogen functional groups attached to an aromatic ring is 1. The predicted octanol–water partition coefficient (Wildman–Crippen LogP) is 0.493. The van der Waals surface area contributed by atoms with Crippen LogP contribution in [0.15, 0.2) is 58.4 Å². The highest BCUT2D eigenvalue weighted by molar-refractivity contribution is 6.00. The van der Waals surface area contributed by atoms with Crippen molar-refractivity contribution in [3.05, 3.63) is 71.3 Å². The summed E-state index contributed by atoms with van der Waals surface area (Å²) in [4.78, 5) is 28.8. The molecule has 172 valence electrons. The molecule has 0 bridgehead atoms. The number of nitrogens with zero attached hydrogens (tertiary/aromatic N) is 7. The van der Waals surface area contributed by atoms with Gasteiger partial charge in [0.25, 0.3) is 11.8 Å². The summed E-state index contributed by atoms with van der Waals surface area (Å²) in [5.74, 6) is -1.27. The Morgan fingerprint density at radius 3 is 2.65 bits per heavy atom. The number of hydrogen-bond acceptors (Lipinski definition) is 11. The number of pyridine rings is 1. The highest BCUT2D eigenvalue weighted by Crippen LogP contribution is 2.19. The lowest BCUT2D eigenvalue weighted by Gasteiger charge is -2.11. The lowest BCUT2D eigenvalue weighted by atomic mass is 10.1. The molecule has 4 rings (SSSR count). The van der Waals surface area contributed by atoms with Crippen LogP contribution >= 0.6 is 0 Å². The van der Waals surface area contributed by atoms with Crippen molar-refractivity contribution in [2.75, 3.05) is 11.1 Å². The molecule has 0 saturated carbocycles. The summed E-state index contributed by atoms with van der Waals surface area (Å²) in [5, 5.41) is 22.3. The van der Waals surface area contributed by atoms with E-state index in [0.29, 0.717) is 17.1 Å². The number of anilines is 2. The zero-order chi connectivity index (χ0) is 24.1. The molecule has 0 fully saturated rings. The van der Waals surface area contributed by atoms with Gasteiger partial charge < -0.3 is 16.8 Å². The van der Waals surface area contributed by atoms with E-state index in [2.05, 4.69) is 46.1 Å². The molecule has 14 heteroatoms. The summed E-state index contributed by atoms with van der Waals surface area (Å²) in [6, 6.07) is 12.0. The molecule has 0 radical (unpaired) electrons. The Bertz CT molecular complexity index is 1360. The van der Waals surface area contributed by atoms with Gasteiger partial charge >= 0.3 is 0 Å². The second-order valence-corrected chi connectivity index (χ2v) is 6.89. The van der Waals surface area contributed by atoms with Crippen LogP contribution in [-0.4, -0.2) is 47.8 Å². The number of amides is 2. The van der Waals surface area contributed by atoms with Crippen molar-refractivity contribution >= 4 is 29.0 Å². The maximum Gasteiger partial charge on any atom is 0.293 e. The minimum Gasteiger partial charge on any atom is -0.379 e. The fraction of sp³-hybridized carbons (Fsp3) is 0.100. The van der Waals surface area contributed by atoms with E-state index in [1.807, 2.05) is 0 Å². The minimum atomic E-state index is -0.642. The summed E-state index contributed by atoms with van der Waals surface area (Å²) < 4.78 is 5.85. The van der Waals surface area contributed by atoms with Crippen LogP contribution in [0.2, 0.25) is 0 Å². The van der Waals surface area contributed by atoms with Crippen molar-refractivity contribution in [1.82, 2.24) is 35.7 Å². The molecule has 0 aliphatic rings. The SMILES string of the molecule is CC(=NNC(=O)c1nnn(-c2nonc2N)c1CNc1ccccc1C(N)=O)c1ccccn1. The van der Waals surface area contributed by atoms with E-state index in [-0.39, 0.29) is 35.1 Å². The number of benzene rings is 1. The van der Waals surface area contributed by atoms with Crippen molar-refractivity contribution in [3.63, 3.8) is 0 Å². The molecule has 6 N–H and O–H groups in total. The first kappa shape index (κ1) is 22.1. The van der Waals surface area contributed by atoms with Crippen molar-refractivity contribution in [3.8, 4) is 5.82 Å². The lowest BCUT2D eigenvalue weighted by Crippen LogP contribution is -2.23. The number of rotatable bonds is 8. The number of primary amides is 1. The van der Waals surface area contributed by atoms with Gasteiger partial charge in [0.2, 0.25) is 11.6 Å². The van der Waals surface area contributed by atoms with Gasteiger partial charge in [0.15, 0.2) is 5.69 Å². The van der Waals surface area contributed by atoms with Crippen LogP contribution < -0.4 is 22.2 Å². The molecule has 0 aliphatic heterocycles. The molecule has 0 saturated heterocycles. The van der Waals surface area contributed by atoms with Crippen molar-refractivity contribution < 1.29 is 14.2 Å². The number of hydrazone groups is 1. The predicted molar refractivity (Wildman–Crippen MR) is 120 cm³/mol. The molecule has 3 aromatic heterocycles. The van der Waals surface area contributed by atoms with Gasteiger partial charge in [-0.15, -0.1) is 5.10 Å². The maximum atomic E-state index is 12.9. The Kier molecular flexibility index (Phi) is 6.20. The van der Waals surface area contributed by atoms with Gasteiger partial charge in [-0.05, 0) is 41.5 Å². The van der Waals surface area contributed by atoms with Crippen LogP contribution in [-0.2, 0) is 6.54 Å². The normalized spacial score (nSPS) is 11.3. The summed E-state index contributed by atoms with van der Waals surface area (Å²) in [7, 11) is 0. The Hall–Kier alpha value is -5.14. The van der Waals surface area contributed by atoms with Crippen LogP contribution in [0.1, 0.15) is 39.2 Å². The van der Waals surface area contributed by atoms with E-state index in [9.17, 15) is 9.59 Å². The number of carbonyl (C=O) groups is 2. The number of hydrogen-bond donors (Lipinski definition) is 4. The molecule has 2 amide bonds. The van der Waals surface area contributed by atoms with Crippen LogP contribution in [0.3, 0.4) is 0 Å². The van der Waals surface area contributed by atoms with E-state index < -0.39 is 11.8 Å². The zero-order valence-corrected chi connectivity index (χ0v) is 17.8. The van der Waals surface area contributed by atoms with Gasteiger partial charge in [-0.25, -0.2) is 10.1 Å². The van der Waals surface area contributed by atoms with Crippen LogP contribution in [0.4, 0.5) is 11.5 Å². The molecule has 14 nitrogen and oxygen atoms in total. The average Bonchev–Trinajstić information content (AvgIpc) is 3.47. The second kappa shape index (κ2) is 9.56. The molecule has 0 spiro atoms. The van der Waals surface area contributed by atoms with Gasteiger partial charge in [-0.1, -0.05) is 23.4 Å². The third-order valence-electron chi connectivity index (χ3n) is 4.67. The first-order chi connectivity index (χ1) is 16.5. The van der Waals surface area contributed by atoms with Crippen molar-refractivity contribution in [2.24, 2.45) is 10.8 Å². The molecule has 3 heterocycles. The molecule has 4 aromatic rings. The van der Waals surface area contributed by atoms with Crippen LogP contribution in [0.25, 0.3) is 5.82 Å². The van der Waals surface area contributed by atoms with Gasteiger partial charge in [0, 0.05) is 11.9 Å². The number of carbonyl (C=O) groups excluding carboxylic acids is 2. The fourth-order valence-corrected chi connectivity index (χ4v) is 3.00. The number of nitrogens with two attached hydrogens (primary N) is 2. The zero-order valence-electron chi connectivity index (χ0n) is 17.8. The summed E-state index contributed by atoms with van der Waals surface area (Å²) in [6.07, 6.45) is 1.62. The van der Waals surface area contributed by atoms with E-state index >= 15 is 0 Å².